The number of hydrogen-bond acceptors (Lipinski definition) is 3. The number of ether oxygens (including phenoxy) is 2. The van der Waals surface area contributed by atoms with Gasteiger partial charge >= 0.3 is 0 Å². The fourth-order valence-corrected chi connectivity index (χ4v) is 4.96. The van der Waals surface area contributed by atoms with Gasteiger partial charge in [0.05, 0.1) is 25.8 Å². The zero-order valence-electron chi connectivity index (χ0n) is 25.1. The molecule has 1 heterocycles. The van der Waals surface area contributed by atoms with Gasteiger partial charge in [-0.2, -0.15) is 0 Å². The van der Waals surface area contributed by atoms with Gasteiger partial charge in [-0.05, 0) is 30.2 Å². The Balaban J connectivity index is 0.00000588. The van der Waals surface area contributed by atoms with Crippen molar-refractivity contribution in [2.45, 2.75) is 96.9 Å². The molecule has 0 aliphatic heterocycles. The van der Waals surface area contributed by atoms with Gasteiger partial charge < -0.3 is 31.8 Å². The van der Waals surface area contributed by atoms with Gasteiger partial charge in [0.2, 0.25) is 5.91 Å². The average Bonchev–Trinajstić information content (AvgIpc) is 2.97. The zero-order valence-corrected chi connectivity index (χ0v) is 26.7. The lowest BCUT2D eigenvalue weighted by Gasteiger charge is -2.13. The molecular weight excluding hydrogens is 576 g/mol. The standard InChI is InChI=1S/C35H48N2O3.BrH/c1-3-4-5-6-7-8-9-10-11-12-13-19-26-40-33-23-22-30(27-34(33)39-2)28-35(38)36-32-21-16-15-20-31(32)29-37-24-17-14-18-25-37;/h14-18,20-25,27H,3-13,19,26,28-29H2,1-2H3;1H. The lowest BCUT2D eigenvalue weighted by atomic mass is 10.1. The molecule has 0 bridgehead atoms. The van der Waals surface area contributed by atoms with Gasteiger partial charge in [-0.3, -0.25) is 4.79 Å². The van der Waals surface area contributed by atoms with E-state index >= 15 is 0 Å². The highest BCUT2D eigenvalue weighted by molar-refractivity contribution is 5.93. The van der Waals surface area contributed by atoms with E-state index in [0.717, 1.165) is 29.0 Å². The molecule has 1 N–H and O–H groups in total. The molecule has 6 heteroatoms. The van der Waals surface area contributed by atoms with Gasteiger partial charge in [-0.15, -0.1) is 0 Å². The van der Waals surface area contributed by atoms with Crippen molar-refractivity contribution in [1.29, 1.82) is 0 Å². The fraction of sp³-hybridized carbons (Fsp3) is 0.486. The Kier molecular flexibility index (Phi) is 17.5. The number of aromatic nitrogens is 1. The van der Waals surface area contributed by atoms with Gasteiger partial charge in [0.15, 0.2) is 30.4 Å². The van der Waals surface area contributed by atoms with Crippen LogP contribution in [0.15, 0.2) is 73.1 Å². The molecule has 5 nitrogen and oxygen atoms in total. The molecule has 0 aliphatic carbocycles. The highest BCUT2D eigenvalue weighted by Gasteiger charge is 2.13. The Bertz CT molecular complexity index is 1120. The summed E-state index contributed by atoms with van der Waals surface area (Å²) < 4.78 is 13.7. The largest absolute Gasteiger partial charge is 1.00 e. The Morgan fingerprint density at radius 2 is 1.39 bits per heavy atom. The van der Waals surface area contributed by atoms with Gasteiger partial charge in [0.1, 0.15) is 0 Å². The van der Waals surface area contributed by atoms with E-state index in [2.05, 4.69) is 16.8 Å². The second kappa shape index (κ2) is 20.9. The number of amides is 1. The van der Waals surface area contributed by atoms with E-state index in [1.165, 1.54) is 70.6 Å². The monoisotopic (exact) mass is 624 g/mol. The molecule has 2 aromatic carbocycles. The van der Waals surface area contributed by atoms with Crippen LogP contribution in [-0.4, -0.2) is 19.6 Å². The van der Waals surface area contributed by atoms with E-state index in [4.69, 9.17) is 9.47 Å². The number of carbonyl (C=O) groups is 1. The molecular formula is C35H49BrN2O3. The molecule has 224 valence electrons. The number of anilines is 1. The van der Waals surface area contributed by atoms with Crippen molar-refractivity contribution in [1.82, 2.24) is 0 Å². The topological polar surface area (TPSA) is 51.4 Å². The van der Waals surface area contributed by atoms with E-state index in [0.29, 0.717) is 18.9 Å². The first-order chi connectivity index (χ1) is 19.7. The van der Waals surface area contributed by atoms with E-state index in [1.807, 2.05) is 73.1 Å². The van der Waals surface area contributed by atoms with Crippen LogP contribution in [-0.2, 0) is 17.8 Å². The van der Waals surface area contributed by atoms with Crippen LogP contribution >= 0.6 is 0 Å². The second-order valence-corrected chi connectivity index (χ2v) is 10.7. The maximum absolute atomic E-state index is 12.9. The summed E-state index contributed by atoms with van der Waals surface area (Å²) in [6.45, 7) is 3.65. The molecule has 1 amide bonds. The third-order valence-corrected chi connectivity index (χ3v) is 7.27. The van der Waals surface area contributed by atoms with Crippen LogP contribution in [0.2, 0.25) is 0 Å². The van der Waals surface area contributed by atoms with Crippen molar-refractivity contribution >= 4 is 11.6 Å². The molecule has 0 radical (unpaired) electrons. The van der Waals surface area contributed by atoms with Gasteiger partial charge in [-0.1, -0.05) is 108 Å². The molecule has 0 unspecified atom stereocenters. The summed E-state index contributed by atoms with van der Waals surface area (Å²) in [7, 11) is 1.65. The van der Waals surface area contributed by atoms with Crippen molar-refractivity contribution in [3.05, 3.63) is 84.2 Å². The molecule has 3 aromatic rings. The highest BCUT2D eigenvalue weighted by atomic mass is 79.9. The van der Waals surface area contributed by atoms with Crippen molar-refractivity contribution < 1.29 is 35.8 Å². The Morgan fingerprint density at radius 3 is 2.05 bits per heavy atom. The van der Waals surface area contributed by atoms with E-state index in [-0.39, 0.29) is 29.3 Å². The van der Waals surface area contributed by atoms with Crippen LogP contribution in [0.25, 0.3) is 0 Å². The third kappa shape index (κ3) is 13.6. The summed E-state index contributed by atoms with van der Waals surface area (Å²) in [6.07, 6.45) is 20.2. The number of para-hydroxylation sites is 1. The van der Waals surface area contributed by atoms with Crippen molar-refractivity contribution in [3.63, 3.8) is 0 Å². The number of rotatable bonds is 20. The second-order valence-electron chi connectivity index (χ2n) is 10.7. The van der Waals surface area contributed by atoms with Crippen LogP contribution in [0.1, 0.15) is 95.1 Å². The number of methoxy groups -OCH3 is 1. The van der Waals surface area contributed by atoms with Crippen molar-refractivity contribution in [3.8, 4) is 11.5 Å². The molecule has 1 aromatic heterocycles. The summed E-state index contributed by atoms with van der Waals surface area (Å²) in [5.41, 5.74) is 2.78. The minimum Gasteiger partial charge on any atom is -1.00 e. The molecule has 3 rings (SSSR count). The Labute approximate surface area is 258 Å². The van der Waals surface area contributed by atoms with Crippen LogP contribution in [0.4, 0.5) is 5.69 Å². The summed E-state index contributed by atoms with van der Waals surface area (Å²) in [4.78, 5) is 12.9. The van der Waals surface area contributed by atoms with Gasteiger partial charge in [0, 0.05) is 17.7 Å². The zero-order chi connectivity index (χ0) is 28.3. The normalized spacial score (nSPS) is 10.6. The predicted molar refractivity (Wildman–Crippen MR) is 164 cm³/mol. The number of pyridine rings is 1. The number of benzene rings is 2. The molecule has 0 aliphatic rings. The number of carbonyl (C=O) groups excluding carboxylic acids is 1. The van der Waals surface area contributed by atoms with E-state index in [9.17, 15) is 4.79 Å². The number of unbranched alkanes of at least 4 members (excludes halogenated alkanes) is 11. The van der Waals surface area contributed by atoms with Crippen LogP contribution in [0.5, 0.6) is 11.5 Å². The van der Waals surface area contributed by atoms with Crippen LogP contribution < -0.4 is 36.3 Å². The maximum Gasteiger partial charge on any atom is 0.228 e. The average molecular weight is 626 g/mol. The quantitative estimate of drug-likeness (QED) is 0.137. The Morgan fingerprint density at radius 1 is 0.756 bits per heavy atom. The lowest BCUT2D eigenvalue weighted by molar-refractivity contribution is -0.688. The first kappa shape index (κ1) is 34.3. The predicted octanol–water partition coefficient (Wildman–Crippen LogP) is 5.30. The minimum atomic E-state index is -0.0577. The molecule has 0 saturated carbocycles. The fourth-order valence-electron chi connectivity index (χ4n) is 4.96. The maximum atomic E-state index is 12.9. The van der Waals surface area contributed by atoms with Crippen LogP contribution in [0.3, 0.4) is 0 Å². The summed E-state index contributed by atoms with van der Waals surface area (Å²) in [5.74, 6) is 1.35. The van der Waals surface area contributed by atoms with Crippen molar-refractivity contribution in [2.24, 2.45) is 0 Å². The summed E-state index contributed by atoms with van der Waals surface area (Å²) in [6, 6.07) is 19.7. The minimum absolute atomic E-state index is 0. The SMILES string of the molecule is CCCCCCCCCCCCCCOc1ccc(CC(=O)Nc2ccccc2C[n+]2ccccc2)cc1OC.[Br-]. The molecule has 41 heavy (non-hydrogen) atoms. The van der Waals surface area contributed by atoms with E-state index < -0.39 is 0 Å². The summed E-state index contributed by atoms with van der Waals surface area (Å²) in [5, 5.41) is 3.09. The molecule has 0 saturated heterocycles. The third-order valence-electron chi connectivity index (χ3n) is 7.27. The van der Waals surface area contributed by atoms with Crippen LogP contribution in [0, 0.1) is 0 Å². The number of nitrogens with zero attached hydrogens (tertiary/aromatic N) is 1. The molecule has 0 fully saturated rings. The lowest BCUT2D eigenvalue weighted by Crippen LogP contribution is -3.00. The molecule has 0 atom stereocenters. The first-order valence-corrected chi connectivity index (χ1v) is 15.3. The van der Waals surface area contributed by atoms with Gasteiger partial charge in [0.25, 0.3) is 0 Å². The molecule has 0 spiro atoms. The van der Waals surface area contributed by atoms with Crippen molar-refractivity contribution in [2.75, 3.05) is 19.0 Å². The summed E-state index contributed by atoms with van der Waals surface area (Å²) >= 11 is 0. The first-order valence-electron chi connectivity index (χ1n) is 15.3. The van der Waals surface area contributed by atoms with E-state index in [1.54, 1.807) is 7.11 Å². The highest BCUT2D eigenvalue weighted by Crippen LogP contribution is 2.29. The number of hydrogen-bond donors (Lipinski definition) is 1. The Hall–Kier alpha value is -2.86. The van der Waals surface area contributed by atoms with Gasteiger partial charge in [-0.25, -0.2) is 4.57 Å². The number of nitrogens with one attached hydrogen (secondary N) is 1. The number of halogens is 1. The smallest absolute Gasteiger partial charge is 0.228 e.